The van der Waals surface area contributed by atoms with Crippen LogP contribution in [0.15, 0.2) is 12.3 Å². The monoisotopic (exact) mass is 263 g/mol. The van der Waals surface area contributed by atoms with Crippen LogP contribution < -0.4 is 0 Å². The van der Waals surface area contributed by atoms with Gasteiger partial charge in [-0.1, -0.05) is 6.92 Å². The highest BCUT2D eigenvalue weighted by Crippen LogP contribution is 2.37. The van der Waals surface area contributed by atoms with Crippen LogP contribution in [0, 0.1) is 12.8 Å². The predicted molar refractivity (Wildman–Crippen MR) is 73.9 cm³/mol. The second-order valence-electron chi connectivity index (χ2n) is 5.40. The molecule has 2 heterocycles. The fourth-order valence-corrected chi connectivity index (χ4v) is 3.23. The Labute approximate surface area is 112 Å². The van der Waals surface area contributed by atoms with E-state index in [0.717, 1.165) is 22.9 Å². The Balaban J connectivity index is 2.17. The van der Waals surface area contributed by atoms with Crippen LogP contribution in [0.1, 0.15) is 43.6 Å². The van der Waals surface area contributed by atoms with E-state index in [2.05, 4.69) is 28.4 Å². The molecule has 96 valence electrons. The predicted octanol–water partition coefficient (Wildman–Crippen LogP) is 3.84. The Bertz CT molecular complexity index is 576. The largest absolute Gasteiger partial charge is 0.309 e. The molecule has 2 unspecified atom stereocenters. The molecule has 2 atom stereocenters. The third-order valence-electron chi connectivity index (χ3n) is 4.01. The number of halogens is 1. The number of imidazole rings is 1. The summed E-state index contributed by atoms with van der Waals surface area (Å²) in [5.74, 6) is 2.22. The maximum atomic E-state index is 6.06. The van der Waals surface area contributed by atoms with E-state index in [-0.39, 0.29) is 0 Å². The van der Waals surface area contributed by atoms with Crippen LogP contribution in [0.2, 0.25) is 0 Å². The first kappa shape index (κ1) is 12.0. The van der Waals surface area contributed by atoms with Crippen LogP contribution in [-0.2, 0) is 5.88 Å². The van der Waals surface area contributed by atoms with E-state index < -0.39 is 0 Å². The normalized spacial score (nSPS) is 23.9. The molecule has 1 aliphatic carbocycles. The molecule has 3 rings (SSSR count). The van der Waals surface area contributed by atoms with Crippen LogP contribution in [0.25, 0.3) is 11.2 Å². The van der Waals surface area contributed by atoms with Gasteiger partial charge in [0.05, 0.1) is 5.88 Å². The second kappa shape index (κ2) is 4.54. The van der Waals surface area contributed by atoms with Crippen molar-refractivity contribution >= 4 is 22.8 Å². The summed E-state index contributed by atoms with van der Waals surface area (Å²) in [6.45, 7) is 4.40. The van der Waals surface area contributed by atoms with Gasteiger partial charge >= 0.3 is 0 Å². The minimum absolute atomic E-state index is 0.459. The average molecular weight is 264 g/mol. The SMILES string of the molecule is Cc1ccnc2c1nc(CCl)n2C1CCC(C)C1. The van der Waals surface area contributed by atoms with E-state index in [1.165, 1.54) is 24.8 Å². The van der Waals surface area contributed by atoms with Crippen LogP contribution in [0.4, 0.5) is 0 Å². The summed E-state index contributed by atoms with van der Waals surface area (Å²) in [6.07, 6.45) is 5.58. The standard InChI is InChI=1S/C14H18ClN3/c1-9-3-4-11(7-9)18-12(8-15)17-13-10(2)5-6-16-14(13)18/h5-6,9,11H,3-4,7-8H2,1-2H3. The molecule has 0 bridgehead atoms. The van der Waals surface area contributed by atoms with Crippen molar-refractivity contribution in [3.8, 4) is 0 Å². The summed E-state index contributed by atoms with van der Waals surface area (Å²) in [5.41, 5.74) is 3.19. The van der Waals surface area contributed by atoms with Gasteiger partial charge in [-0.05, 0) is 43.7 Å². The van der Waals surface area contributed by atoms with Gasteiger partial charge < -0.3 is 4.57 Å². The van der Waals surface area contributed by atoms with Gasteiger partial charge in [-0.3, -0.25) is 0 Å². The maximum Gasteiger partial charge on any atom is 0.160 e. The average Bonchev–Trinajstić information content (AvgIpc) is 2.93. The van der Waals surface area contributed by atoms with E-state index in [9.17, 15) is 0 Å². The Kier molecular flexibility index (Phi) is 3.02. The van der Waals surface area contributed by atoms with Crippen LogP contribution in [0.5, 0.6) is 0 Å². The topological polar surface area (TPSA) is 30.7 Å². The third-order valence-corrected chi connectivity index (χ3v) is 4.24. The molecular weight excluding hydrogens is 246 g/mol. The lowest BCUT2D eigenvalue weighted by molar-refractivity contribution is 0.491. The summed E-state index contributed by atoms with van der Waals surface area (Å²) in [6, 6.07) is 2.53. The lowest BCUT2D eigenvalue weighted by atomic mass is 10.1. The van der Waals surface area contributed by atoms with E-state index in [4.69, 9.17) is 11.6 Å². The van der Waals surface area contributed by atoms with E-state index in [1.54, 1.807) is 0 Å². The highest BCUT2D eigenvalue weighted by Gasteiger charge is 2.27. The first-order valence-electron chi connectivity index (χ1n) is 6.59. The highest BCUT2D eigenvalue weighted by molar-refractivity contribution is 6.16. The van der Waals surface area contributed by atoms with Gasteiger partial charge in [-0.25, -0.2) is 9.97 Å². The molecular formula is C14H18ClN3. The molecule has 1 saturated carbocycles. The molecule has 0 spiro atoms. The second-order valence-corrected chi connectivity index (χ2v) is 5.67. The fraction of sp³-hybridized carbons (Fsp3) is 0.571. The molecule has 0 saturated heterocycles. The van der Waals surface area contributed by atoms with Crippen LogP contribution in [0.3, 0.4) is 0 Å². The molecule has 0 N–H and O–H groups in total. The molecule has 1 fully saturated rings. The minimum Gasteiger partial charge on any atom is -0.309 e. The summed E-state index contributed by atoms with van der Waals surface area (Å²) in [5, 5.41) is 0. The third kappa shape index (κ3) is 1.81. The molecule has 0 radical (unpaired) electrons. The quantitative estimate of drug-likeness (QED) is 0.771. The highest BCUT2D eigenvalue weighted by atomic mass is 35.5. The van der Waals surface area contributed by atoms with Crippen LogP contribution in [-0.4, -0.2) is 14.5 Å². The number of fused-ring (bicyclic) bond motifs is 1. The Morgan fingerprint density at radius 3 is 2.94 bits per heavy atom. The summed E-state index contributed by atoms with van der Waals surface area (Å²) in [4.78, 5) is 9.19. The first-order chi connectivity index (χ1) is 8.70. The number of hydrogen-bond acceptors (Lipinski definition) is 2. The van der Waals surface area contributed by atoms with E-state index in [1.807, 2.05) is 12.3 Å². The maximum absolute atomic E-state index is 6.06. The molecule has 2 aromatic rings. The van der Waals surface area contributed by atoms with Gasteiger partial charge in [0.2, 0.25) is 0 Å². The zero-order chi connectivity index (χ0) is 12.7. The fourth-order valence-electron chi connectivity index (χ4n) is 3.05. The van der Waals surface area contributed by atoms with Crippen LogP contribution >= 0.6 is 11.6 Å². The van der Waals surface area contributed by atoms with Crippen molar-refractivity contribution < 1.29 is 0 Å². The lowest BCUT2D eigenvalue weighted by Crippen LogP contribution is -2.09. The summed E-state index contributed by atoms with van der Waals surface area (Å²) >= 11 is 6.06. The van der Waals surface area contributed by atoms with Gasteiger partial charge in [0.25, 0.3) is 0 Å². The lowest BCUT2D eigenvalue weighted by Gasteiger charge is -2.15. The zero-order valence-corrected chi connectivity index (χ0v) is 11.6. The van der Waals surface area contributed by atoms with Crippen molar-refractivity contribution in [3.63, 3.8) is 0 Å². The van der Waals surface area contributed by atoms with Gasteiger partial charge in [0.15, 0.2) is 5.65 Å². The summed E-state index contributed by atoms with van der Waals surface area (Å²) in [7, 11) is 0. The van der Waals surface area contributed by atoms with Gasteiger partial charge in [-0.15, -0.1) is 11.6 Å². The number of rotatable bonds is 2. The molecule has 18 heavy (non-hydrogen) atoms. The molecule has 0 aliphatic heterocycles. The number of aryl methyl sites for hydroxylation is 1. The molecule has 2 aromatic heterocycles. The number of hydrogen-bond donors (Lipinski definition) is 0. The molecule has 0 aromatic carbocycles. The van der Waals surface area contributed by atoms with Crippen molar-refractivity contribution in [2.75, 3.05) is 0 Å². The molecule has 1 aliphatic rings. The van der Waals surface area contributed by atoms with Gasteiger partial charge in [0, 0.05) is 12.2 Å². The zero-order valence-electron chi connectivity index (χ0n) is 10.9. The summed E-state index contributed by atoms with van der Waals surface area (Å²) < 4.78 is 2.28. The van der Waals surface area contributed by atoms with Gasteiger partial charge in [-0.2, -0.15) is 0 Å². The number of nitrogens with zero attached hydrogens (tertiary/aromatic N) is 3. The number of alkyl halides is 1. The minimum atomic E-state index is 0.459. The van der Waals surface area contributed by atoms with Crippen molar-refractivity contribution in [1.29, 1.82) is 0 Å². The first-order valence-corrected chi connectivity index (χ1v) is 7.12. The van der Waals surface area contributed by atoms with Crippen molar-refractivity contribution in [3.05, 3.63) is 23.7 Å². The molecule has 4 heteroatoms. The Morgan fingerprint density at radius 1 is 1.44 bits per heavy atom. The van der Waals surface area contributed by atoms with E-state index >= 15 is 0 Å². The smallest absolute Gasteiger partial charge is 0.160 e. The van der Waals surface area contributed by atoms with Crippen molar-refractivity contribution in [2.24, 2.45) is 5.92 Å². The van der Waals surface area contributed by atoms with Crippen molar-refractivity contribution in [2.45, 2.75) is 45.0 Å². The van der Waals surface area contributed by atoms with Crippen molar-refractivity contribution in [1.82, 2.24) is 14.5 Å². The van der Waals surface area contributed by atoms with E-state index in [0.29, 0.717) is 11.9 Å². The molecule has 3 nitrogen and oxygen atoms in total. The number of aromatic nitrogens is 3. The Hall–Kier alpha value is -1.09. The van der Waals surface area contributed by atoms with Gasteiger partial charge in [0.1, 0.15) is 11.3 Å². The molecule has 0 amide bonds. The number of pyridine rings is 1. The Morgan fingerprint density at radius 2 is 2.28 bits per heavy atom.